The maximum atomic E-state index is 13.6. The number of amides is 1. The van der Waals surface area contributed by atoms with Crippen molar-refractivity contribution in [1.82, 2.24) is 9.88 Å². The second-order valence-electron chi connectivity index (χ2n) is 7.82. The lowest BCUT2D eigenvalue weighted by Crippen LogP contribution is -2.29. The molecule has 0 fully saturated rings. The molecular formula is C26H22N2O6. The maximum absolute atomic E-state index is 13.6. The van der Waals surface area contributed by atoms with Crippen molar-refractivity contribution in [2.24, 2.45) is 0 Å². The topological polar surface area (TPSA) is 91.1 Å². The SMILES string of the molecule is COc1cc([C@@H]2c3c(oc4ccccc4c3=O)C(=O)N2Cc2ccncc2)cc(OC)c1OC. The van der Waals surface area contributed by atoms with Crippen LogP contribution in [0.4, 0.5) is 0 Å². The minimum Gasteiger partial charge on any atom is -0.493 e. The van der Waals surface area contributed by atoms with Crippen LogP contribution >= 0.6 is 0 Å². The Morgan fingerprint density at radius 2 is 1.62 bits per heavy atom. The summed E-state index contributed by atoms with van der Waals surface area (Å²) in [5.41, 5.74) is 1.91. The normalized spacial score (nSPS) is 14.9. The summed E-state index contributed by atoms with van der Waals surface area (Å²) in [5, 5.41) is 0.414. The Labute approximate surface area is 195 Å². The van der Waals surface area contributed by atoms with Crippen molar-refractivity contribution < 1.29 is 23.4 Å². The number of pyridine rings is 1. The molecule has 0 N–H and O–H groups in total. The highest BCUT2D eigenvalue weighted by Gasteiger charge is 2.43. The van der Waals surface area contributed by atoms with Gasteiger partial charge in [-0.1, -0.05) is 12.1 Å². The lowest BCUT2D eigenvalue weighted by molar-refractivity contribution is 0.0714. The van der Waals surface area contributed by atoms with Gasteiger partial charge in [0, 0.05) is 18.9 Å². The van der Waals surface area contributed by atoms with E-state index in [1.807, 2.05) is 12.1 Å². The predicted molar refractivity (Wildman–Crippen MR) is 125 cm³/mol. The number of methoxy groups -OCH3 is 3. The number of ether oxygens (including phenoxy) is 3. The molecule has 0 bridgehead atoms. The first-order chi connectivity index (χ1) is 16.6. The molecule has 0 radical (unpaired) electrons. The number of hydrogen-bond acceptors (Lipinski definition) is 7. The van der Waals surface area contributed by atoms with E-state index < -0.39 is 6.04 Å². The zero-order chi connectivity index (χ0) is 23.8. The Morgan fingerprint density at radius 3 is 2.26 bits per heavy atom. The van der Waals surface area contributed by atoms with E-state index in [1.54, 1.807) is 53.7 Å². The summed E-state index contributed by atoms with van der Waals surface area (Å²) >= 11 is 0. The number of rotatable bonds is 6. The van der Waals surface area contributed by atoms with Gasteiger partial charge >= 0.3 is 0 Å². The van der Waals surface area contributed by atoms with Crippen LogP contribution in [0.5, 0.6) is 17.2 Å². The smallest absolute Gasteiger partial charge is 0.291 e. The molecule has 5 rings (SSSR count). The number of aromatic nitrogens is 1. The molecule has 0 saturated carbocycles. The summed E-state index contributed by atoms with van der Waals surface area (Å²) < 4.78 is 22.5. The van der Waals surface area contributed by atoms with E-state index in [-0.39, 0.29) is 29.2 Å². The van der Waals surface area contributed by atoms with Crippen molar-refractivity contribution in [3.63, 3.8) is 0 Å². The molecule has 1 aliphatic heterocycles. The number of carbonyl (C=O) groups is 1. The molecule has 0 spiro atoms. The largest absolute Gasteiger partial charge is 0.493 e. The van der Waals surface area contributed by atoms with Crippen LogP contribution < -0.4 is 19.6 Å². The maximum Gasteiger partial charge on any atom is 0.291 e. The Kier molecular flexibility index (Phi) is 5.41. The quantitative estimate of drug-likeness (QED) is 0.432. The van der Waals surface area contributed by atoms with Gasteiger partial charge in [0.25, 0.3) is 5.91 Å². The number of benzene rings is 2. The Balaban J connectivity index is 1.77. The zero-order valence-electron chi connectivity index (χ0n) is 18.9. The first-order valence-electron chi connectivity index (χ1n) is 10.6. The summed E-state index contributed by atoms with van der Waals surface area (Å²) in [6.45, 7) is 0.253. The molecule has 2 aromatic heterocycles. The van der Waals surface area contributed by atoms with Gasteiger partial charge in [-0.05, 0) is 47.5 Å². The molecule has 8 nitrogen and oxygen atoms in total. The lowest BCUT2D eigenvalue weighted by atomic mass is 9.97. The van der Waals surface area contributed by atoms with Gasteiger partial charge in [-0.3, -0.25) is 14.6 Å². The van der Waals surface area contributed by atoms with Crippen LogP contribution in [0, 0.1) is 0 Å². The number of nitrogens with zero attached hydrogens (tertiary/aromatic N) is 2. The molecule has 1 amide bonds. The highest BCUT2D eigenvalue weighted by molar-refractivity contribution is 5.99. The van der Waals surface area contributed by atoms with Gasteiger partial charge in [0.15, 0.2) is 16.9 Å². The number of fused-ring (bicyclic) bond motifs is 2. The average molecular weight is 458 g/mol. The number of hydrogen-bond donors (Lipinski definition) is 0. The third kappa shape index (κ3) is 3.35. The van der Waals surface area contributed by atoms with E-state index in [4.69, 9.17) is 18.6 Å². The van der Waals surface area contributed by atoms with Gasteiger partial charge in [-0.25, -0.2) is 0 Å². The molecule has 0 aliphatic carbocycles. The van der Waals surface area contributed by atoms with E-state index in [0.717, 1.165) is 5.56 Å². The van der Waals surface area contributed by atoms with Gasteiger partial charge < -0.3 is 23.5 Å². The fourth-order valence-electron chi connectivity index (χ4n) is 4.42. The van der Waals surface area contributed by atoms with E-state index in [2.05, 4.69) is 4.98 Å². The summed E-state index contributed by atoms with van der Waals surface area (Å²) in [7, 11) is 4.56. The van der Waals surface area contributed by atoms with Gasteiger partial charge in [0.2, 0.25) is 11.5 Å². The van der Waals surface area contributed by atoms with Gasteiger partial charge in [-0.2, -0.15) is 0 Å². The highest BCUT2D eigenvalue weighted by Crippen LogP contribution is 2.45. The Morgan fingerprint density at radius 1 is 0.941 bits per heavy atom. The van der Waals surface area contributed by atoms with Crippen LogP contribution in [0.2, 0.25) is 0 Å². The monoisotopic (exact) mass is 458 g/mol. The van der Waals surface area contributed by atoms with Crippen molar-refractivity contribution in [3.8, 4) is 17.2 Å². The average Bonchev–Trinajstić information content (AvgIpc) is 3.15. The van der Waals surface area contributed by atoms with Crippen LogP contribution in [0.25, 0.3) is 11.0 Å². The second-order valence-corrected chi connectivity index (χ2v) is 7.82. The highest BCUT2D eigenvalue weighted by atomic mass is 16.5. The van der Waals surface area contributed by atoms with Crippen LogP contribution in [0.1, 0.15) is 33.3 Å². The molecule has 172 valence electrons. The first kappa shape index (κ1) is 21.5. The van der Waals surface area contributed by atoms with Crippen molar-refractivity contribution in [2.75, 3.05) is 21.3 Å². The third-order valence-electron chi connectivity index (χ3n) is 5.98. The Bertz CT molecular complexity index is 1420. The van der Waals surface area contributed by atoms with Gasteiger partial charge in [0.05, 0.1) is 38.3 Å². The summed E-state index contributed by atoms with van der Waals surface area (Å²) in [6.07, 6.45) is 3.32. The fourth-order valence-corrected chi connectivity index (χ4v) is 4.42. The standard InChI is InChI=1S/C26H22N2O6/c1-31-19-12-16(13-20(32-2)24(19)33-3)22-21-23(29)17-6-4-5-7-18(17)34-25(21)26(30)28(22)14-15-8-10-27-11-9-15/h4-13,22H,14H2,1-3H3/t22-/m1/s1. The van der Waals surface area contributed by atoms with Crippen molar-refractivity contribution >= 4 is 16.9 Å². The minimum atomic E-state index is -0.717. The molecule has 34 heavy (non-hydrogen) atoms. The predicted octanol–water partition coefficient (Wildman–Crippen LogP) is 3.96. The van der Waals surface area contributed by atoms with Gasteiger partial charge in [0.1, 0.15) is 5.58 Å². The molecule has 0 unspecified atom stereocenters. The van der Waals surface area contributed by atoms with Gasteiger partial charge in [-0.15, -0.1) is 0 Å². The molecular weight excluding hydrogens is 436 g/mol. The van der Waals surface area contributed by atoms with E-state index >= 15 is 0 Å². The second kappa shape index (κ2) is 8.55. The lowest BCUT2D eigenvalue weighted by Gasteiger charge is -2.26. The molecule has 1 aliphatic rings. The molecule has 1 atom stereocenters. The zero-order valence-corrected chi connectivity index (χ0v) is 18.9. The van der Waals surface area contributed by atoms with Crippen molar-refractivity contribution in [1.29, 1.82) is 0 Å². The molecule has 3 heterocycles. The van der Waals surface area contributed by atoms with Crippen molar-refractivity contribution in [2.45, 2.75) is 12.6 Å². The molecule has 2 aromatic carbocycles. The molecule has 8 heteroatoms. The van der Waals surface area contributed by atoms with Crippen LogP contribution in [-0.4, -0.2) is 37.1 Å². The van der Waals surface area contributed by atoms with Crippen LogP contribution in [0.15, 0.2) is 70.1 Å². The van der Waals surface area contributed by atoms with Crippen LogP contribution in [0.3, 0.4) is 0 Å². The number of carbonyl (C=O) groups excluding carboxylic acids is 1. The third-order valence-corrected chi connectivity index (χ3v) is 5.98. The summed E-state index contributed by atoms with van der Waals surface area (Å²) in [6, 6.07) is 13.4. The van der Waals surface area contributed by atoms with E-state index in [1.165, 1.54) is 21.3 Å². The Hall–Kier alpha value is -4.33. The van der Waals surface area contributed by atoms with Crippen LogP contribution in [-0.2, 0) is 6.54 Å². The first-order valence-corrected chi connectivity index (χ1v) is 10.6. The summed E-state index contributed by atoms with van der Waals surface area (Å²) in [4.78, 5) is 32.9. The molecule has 4 aromatic rings. The minimum absolute atomic E-state index is 0.0384. The summed E-state index contributed by atoms with van der Waals surface area (Å²) in [5.74, 6) is 0.938. The van der Waals surface area contributed by atoms with E-state index in [9.17, 15) is 9.59 Å². The van der Waals surface area contributed by atoms with Crippen molar-refractivity contribution in [3.05, 3.63) is 93.6 Å². The number of para-hydroxylation sites is 1. The van der Waals surface area contributed by atoms with E-state index in [0.29, 0.717) is 33.8 Å². The molecule has 0 saturated heterocycles. The fraction of sp³-hybridized carbons (Fsp3) is 0.192.